The molecule has 2 rings (SSSR count). The van der Waals surface area contributed by atoms with Gasteiger partial charge in [0, 0.05) is 10.5 Å². The highest BCUT2D eigenvalue weighted by molar-refractivity contribution is 9.10. The lowest BCUT2D eigenvalue weighted by Crippen LogP contribution is -1.97. The number of halogens is 2. The number of nitrogens with zero attached hydrogens (tertiary/aromatic N) is 3. The van der Waals surface area contributed by atoms with Crippen LogP contribution in [0, 0.1) is 17.3 Å². The van der Waals surface area contributed by atoms with Gasteiger partial charge in [0.2, 0.25) is 5.95 Å². The SMILES string of the molecule is N#Cc1ccc(Br)cc1Nc1cc(F)ncn1. The second kappa shape index (κ2) is 4.89. The van der Waals surface area contributed by atoms with Crippen LogP contribution < -0.4 is 5.32 Å². The molecule has 6 heteroatoms. The predicted octanol–water partition coefficient (Wildman–Crippen LogP) is 2.99. The van der Waals surface area contributed by atoms with Crippen molar-refractivity contribution in [1.29, 1.82) is 5.26 Å². The molecule has 1 heterocycles. The van der Waals surface area contributed by atoms with Gasteiger partial charge in [-0.05, 0) is 18.2 Å². The van der Waals surface area contributed by atoms with Gasteiger partial charge in [-0.3, -0.25) is 0 Å². The molecule has 0 fully saturated rings. The van der Waals surface area contributed by atoms with Crippen molar-refractivity contribution in [2.24, 2.45) is 0 Å². The molecule has 0 aliphatic heterocycles. The van der Waals surface area contributed by atoms with Crippen LogP contribution in [0.2, 0.25) is 0 Å². The molecule has 4 nitrogen and oxygen atoms in total. The molecule has 0 unspecified atom stereocenters. The Bertz CT molecular complexity index is 594. The maximum absolute atomic E-state index is 12.9. The minimum atomic E-state index is -0.629. The van der Waals surface area contributed by atoms with E-state index in [0.717, 1.165) is 16.9 Å². The summed E-state index contributed by atoms with van der Waals surface area (Å²) >= 11 is 3.30. The molecule has 0 atom stereocenters. The van der Waals surface area contributed by atoms with Crippen molar-refractivity contribution in [3.63, 3.8) is 0 Å². The number of benzene rings is 1. The van der Waals surface area contributed by atoms with Gasteiger partial charge in [0.1, 0.15) is 18.2 Å². The van der Waals surface area contributed by atoms with Crippen LogP contribution in [0.1, 0.15) is 5.56 Å². The Kier molecular flexibility index (Phi) is 3.30. The first-order valence-corrected chi connectivity index (χ1v) is 5.42. The molecule has 0 aliphatic rings. The van der Waals surface area contributed by atoms with Gasteiger partial charge in [-0.1, -0.05) is 15.9 Å². The normalized spacial score (nSPS) is 9.71. The van der Waals surface area contributed by atoms with Crippen LogP contribution in [0.25, 0.3) is 0 Å². The van der Waals surface area contributed by atoms with Crippen molar-refractivity contribution in [3.8, 4) is 6.07 Å². The average Bonchev–Trinajstić information content (AvgIpc) is 2.29. The fourth-order valence-corrected chi connectivity index (χ4v) is 1.62. The monoisotopic (exact) mass is 292 g/mol. The minimum Gasteiger partial charge on any atom is -0.339 e. The number of nitrogens with one attached hydrogen (secondary N) is 1. The molecule has 0 saturated carbocycles. The Hall–Kier alpha value is -2.00. The van der Waals surface area contributed by atoms with Gasteiger partial charge >= 0.3 is 0 Å². The summed E-state index contributed by atoms with van der Waals surface area (Å²) in [5.74, 6) is -0.330. The van der Waals surface area contributed by atoms with Gasteiger partial charge in [0.05, 0.1) is 11.3 Å². The maximum atomic E-state index is 12.9. The Morgan fingerprint density at radius 3 is 2.82 bits per heavy atom. The second-order valence-electron chi connectivity index (χ2n) is 3.15. The Morgan fingerprint density at radius 2 is 2.12 bits per heavy atom. The summed E-state index contributed by atoms with van der Waals surface area (Å²) in [7, 11) is 0. The molecule has 17 heavy (non-hydrogen) atoms. The number of hydrogen-bond donors (Lipinski definition) is 1. The van der Waals surface area contributed by atoms with E-state index < -0.39 is 5.95 Å². The lowest BCUT2D eigenvalue weighted by atomic mass is 10.2. The maximum Gasteiger partial charge on any atom is 0.218 e. The van der Waals surface area contributed by atoms with E-state index in [9.17, 15) is 4.39 Å². The van der Waals surface area contributed by atoms with Crippen LogP contribution in [0.5, 0.6) is 0 Å². The van der Waals surface area contributed by atoms with E-state index in [4.69, 9.17) is 5.26 Å². The molecule has 2 aromatic rings. The molecule has 1 aromatic heterocycles. The smallest absolute Gasteiger partial charge is 0.218 e. The van der Waals surface area contributed by atoms with E-state index in [-0.39, 0.29) is 0 Å². The number of hydrogen-bond acceptors (Lipinski definition) is 4. The highest BCUT2D eigenvalue weighted by Gasteiger charge is 2.04. The van der Waals surface area contributed by atoms with Gasteiger partial charge < -0.3 is 5.32 Å². The number of nitriles is 1. The molecule has 0 spiro atoms. The van der Waals surface area contributed by atoms with Crippen molar-refractivity contribution in [1.82, 2.24) is 9.97 Å². The molecule has 0 bridgehead atoms. The molecular weight excluding hydrogens is 287 g/mol. The Morgan fingerprint density at radius 1 is 1.29 bits per heavy atom. The van der Waals surface area contributed by atoms with Crippen molar-refractivity contribution in [2.45, 2.75) is 0 Å². The topological polar surface area (TPSA) is 61.6 Å². The van der Waals surface area contributed by atoms with E-state index in [1.54, 1.807) is 18.2 Å². The Balaban J connectivity index is 2.36. The second-order valence-corrected chi connectivity index (χ2v) is 4.07. The zero-order chi connectivity index (χ0) is 12.3. The summed E-state index contributed by atoms with van der Waals surface area (Å²) < 4.78 is 13.7. The molecule has 0 amide bonds. The highest BCUT2D eigenvalue weighted by atomic mass is 79.9. The van der Waals surface area contributed by atoms with Crippen LogP contribution >= 0.6 is 15.9 Å². The van der Waals surface area contributed by atoms with E-state index in [2.05, 4.69) is 31.2 Å². The zero-order valence-corrected chi connectivity index (χ0v) is 10.1. The first kappa shape index (κ1) is 11.5. The van der Waals surface area contributed by atoms with Crippen molar-refractivity contribution < 1.29 is 4.39 Å². The van der Waals surface area contributed by atoms with E-state index in [1.807, 2.05) is 6.07 Å². The van der Waals surface area contributed by atoms with Crippen LogP contribution in [0.15, 0.2) is 35.1 Å². The summed E-state index contributed by atoms with van der Waals surface area (Å²) in [6, 6.07) is 8.32. The molecule has 1 aromatic carbocycles. The quantitative estimate of drug-likeness (QED) is 0.865. The fourth-order valence-electron chi connectivity index (χ4n) is 1.26. The molecule has 0 saturated heterocycles. The molecule has 0 radical (unpaired) electrons. The van der Waals surface area contributed by atoms with E-state index >= 15 is 0 Å². The predicted molar refractivity (Wildman–Crippen MR) is 64.1 cm³/mol. The summed E-state index contributed by atoms with van der Waals surface area (Å²) in [4.78, 5) is 7.20. The Labute approximate surface area is 105 Å². The molecular formula is C11H6BrFN4. The van der Waals surface area contributed by atoms with Crippen LogP contribution in [0.3, 0.4) is 0 Å². The lowest BCUT2D eigenvalue weighted by Gasteiger charge is -2.07. The fraction of sp³-hybridized carbons (Fsp3) is 0. The zero-order valence-electron chi connectivity index (χ0n) is 8.48. The van der Waals surface area contributed by atoms with Crippen LogP contribution in [0.4, 0.5) is 15.9 Å². The number of anilines is 2. The first-order chi connectivity index (χ1) is 8.19. The first-order valence-electron chi connectivity index (χ1n) is 4.63. The van der Waals surface area contributed by atoms with Crippen molar-refractivity contribution in [3.05, 3.63) is 46.6 Å². The van der Waals surface area contributed by atoms with E-state index in [1.165, 1.54) is 0 Å². The van der Waals surface area contributed by atoms with E-state index in [0.29, 0.717) is 17.1 Å². The van der Waals surface area contributed by atoms with Crippen LogP contribution in [-0.4, -0.2) is 9.97 Å². The minimum absolute atomic E-state index is 0.298. The van der Waals surface area contributed by atoms with Crippen molar-refractivity contribution in [2.75, 3.05) is 5.32 Å². The van der Waals surface area contributed by atoms with Gasteiger partial charge in [-0.15, -0.1) is 0 Å². The van der Waals surface area contributed by atoms with Gasteiger partial charge in [-0.2, -0.15) is 9.65 Å². The van der Waals surface area contributed by atoms with Crippen molar-refractivity contribution >= 4 is 27.4 Å². The largest absolute Gasteiger partial charge is 0.339 e. The third-order valence-electron chi connectivity index (χ3n) is 2.00. The van der Waals surface area contributed by atoms with Gasteiger partial charge in [0.15, 0.2) is 0 Å². The van der Waals surface area contributed by atoms with Gasteiger partial charge in [0.25, 0.3) is 0 Å². The summed E-state index contributed by atoms with van der Waals surface area (Å²) in [6.45, 7) is 0. The third-order valence-corrected chi connectivity index (χ3v) is 2.49. The summed E-state index contributed by atoms with van der Waals surface area (Å²) in [5.41, 5.74) is 1.01. The lowest BCUT2D eigenvalue weighted by molar-refractivity contribution is 0.580. The van der Waals surface area contributed by atoms with Crippen LogP contribution in [-0.2, 0) is 0 Å². The standard InChI is InChI=1S/C11H6BrFN4/c12-8-2-1-7(5-14)9(3-8)17-11-4-10(13)15-6-16-11/h1-4,6H,(H,15,16,17). The number of aromatic nitrogens is 2. The number of rotatable bonds is 2. The average molecular weight is 293 g/mol. The highest BCUT2D eigenvalue weighted by Crippen LogP contribution is 2.23. The third kappa shape index (κ3) is 2.77. The summed E-state index contributed by atoms with van der Waals surface area (Å²) in [5, 5.41) is 11.8. The molecule has 1 N–H and O–H groups in total. The van der Waals surface area contributed by atoms with Gasteiger partial charge in [-0.25, -0.2) is 9.97 Å². The molecule has 84 valence electrons. The summed E-state index contributed by atoms with van der Waals surface area (Å²) in [6.07, 6.45) is 1.11. The molecule has 0 aliphatic carbocycles.